The minimum Gasteiger partial charge on any atom is -0.488 e. The van der Waals surface area contributed by atoms with Crippen LogP contribution in [-0.2, 0) is 16.3 Å². The molecule has 0 fully saturated rings. The molecular weight excluding hydrogens is 246 g/mol. The molecule has 1 aromatic carbocycles. The minimum atomic E-state index is -2.81. The standard InChI is InChI=1S/C14H16F2O.C2H6/c1-10-7-8-13(2,17-10)11-5-4-6-12(9-11)14(3,15)16;1-2/h4-7,9H,8H2,1-3H3;1-2H3. The molecule has 0 N–H and O–H groups in total. The molecule has 1 atom stereocenters. The highest BCUT2D eigenvalue weighted by molar-refractivity contribution is 5.32. The third-order valence-corrected chi connectivity index (χ3v) is 3.15. The van der Waals surface area contributed by atoms with Crippen molar-refractivity contribution in [1.82, 2.24) is 0 Å². The predicted molar refractivity (Wildman–Crippen MR) is 74.2 cm³/mol. The van der Waals surface area contributed by atoms with Crippen molar-refractivity contribution in [3.63, 3.8) is 0 Å². The van der Waals surface area contributed by atoms with E-state index in [2.05, 4.69) is 0 Å². The second-order valence-electron chi connectivity index (χ2n) is 4.82. The van der Waals surface area contributed by atoms with E-state index in [-0.39, 0.29) is 5.56 Å². The molecule has 0 saturated heterocycles. The zero-order valence-corrected chi connectivity index (χ0v) is 12.3. The molecule has 0 radical (unpaired) electrons. The van der Waals surface area contributed by atoms with Gasteiger partial charge >= 0.3 is 0 Å². The van der Waals surface area contributed by atoms with Crippen LogP contribution in [0.4, 0.5) is 8.78 Å². The third kappa shape index (κ3) is 3.55. The summed E-state index contributed by atoms with van der Waals surface area (Å²) in [5.74, 6) is -1.96. The Morgan fingerprint density at radius 3 is 2.37 bits per heavy atom. The maximum Gasteiger partial charge on any atom is 0.270 e. The first-order chi connectivity index (χ1) is 8.81. The Labute approximate surface area is 114 Å². The van der Waals surface area contributed by atoms with E-state index in [9.17, 15) is 8.78 Å². The van der Waals surface area contributed by atoms with Crippen LogP contribution in [0.2, 0.25) is 0 Å². The Hall–Kier alpha value is -1.38. The molecule has 1 nitrogen and oxygen atoms in total. The summed E-state index contributed by atoms with van der Waals surface area (Å²) in [4.78, 5) is 0. The number of ether oxygens (including phenoxy) is 1. The molecule has 2 rings (SSSR count). The van der Waals surface area contributed by atoms with Gasteiger partial charge in [0.15, 0.2) is 0 Å². The fourth-order valence-electron chi connectivity index (χ4n) is 2.08. The maximum absolute atomic E-state index is 13.3. The summed E-state index contributed by atoms with van der Waals surface area (Å²) in [6.45, 7) is 8.71. The molecule has 1 heterocycles. The van der Waals surface area contributed by atoms with E-state index >= 15 is 0 Å². The van der Waals surface area contributed by atoms with Crippen molar-refractivity contribution < 1.29 is 13.5 Å². The Kier molecular flexibility index (Phi) is 4.72. The molecule has 1 unspecified atom stereocenters. The Balaban J connectivity index is 0.000000861. The Morgan fingerprint density at radius 2 is 1.89 bits per heavy atom. The van der Waals surface area contributed by atoms with Gasteiger partial charge in [-0.05, 0) is 31.6 Å². The molecule has 106 valence electrons. The molecule has 1 aliphatic rings. The smallest absolute Gasteiger partial charge is 0.270 e. The van der Waals surface area contributed by atoms with Gasteiger partial charge in [0.1, 0.15) is 5.60 Å². The molecule has 0 bridgehead atoms. The Bertz CT molecular complexity index is 460. The highest BCUT2D eigenvalue weighted by Crippen LogP contribution is 2.39. The van der Waals surface area contributed by atoms with Gasteiger partial charge in [0.25, 0.3) is 5.92 Å². The number of halogens is 2. The van der Waals surface area contributed by atoms with Gasteiger partial charge in [0, 0.05) is 18.9 Å². The first-order valence-electron chi connectivity index (χ1n) is 6.66. The quantitative estimate of drug-likeness (QED) is 0.701. The maximum atomic E-state index is 13.3. The molecule has 1 aromatic rings. The zero-order chi connectivity index (χ0) is 14.7. The summed E-state index contributed by atoms with van der Waals surface area (Å²) in [5.41, 5.74) is 0.319. The van der Waals surface area contributed by atoms with E-state index in [1.807, 2.05) is 39.8 Å². The van der Waals surface area contributed by atoms with E-state index in [0.717, 1.165) is 24.7 Å². The number of allylic oxidation sites excluding steroid dienone is 1. The van der Waals surface area contributed by atoms with Gasteiger partial charge in [-0.15, -0.1) is 0 Å². The van der Waals surface area contributed by atoms with E-state index in [0.29, 0.717) is 0 Å². The normalized spacial score (nSPS) is 22.2. The van der Waals surface area contributed by atoms with Crippen molar-refractivity contribution in [1.29, 1.82) is 0 Å². The van der Waals surface area contributed by atoms with Gasteiger partial charge in [-0.2, -0.15) is 0 Å². The van der Waals surface area contributed by atoms with Crippen LogP contribution in [0.5, 0.6) is 0 Å². The molecule has 0 amide bonds. The summed E-state index contributed by atoms with van der Waals surface area (Å²) in [6.07, 6.45) is 2.70. The monoisotopic (exact) mass is 268 g/mol. The number of alkyl halides is 2. The number of hydrogen-bond acceptors (Lipinski definition) is 1. The molecular formula is C16H22F2O. The summed E-state index contributed by atoms with van der Waals surface area (Å²) < 4.78 is 32.3. The average molecular weight is 268 g/mol. The fraction of sp³-hybridized carbons (Fsp3) is 0.500. The molecule has 0 aromatic heterocycles. The largest absolute Gasteiger partial charge is 0.488 e. The van der Waals surface area contributed by atoms with Gasteiger partial charge in [0.2, 0.25) is 0 Å². The molecule has 0 spiro atoms. The van der Waals surface area contributed by atoms with E-state index in [1.54, 1.807) is 6.07 Å². The van der Waals surface area contributed by atoms with Crippen LogP contribution in [0.25, 0.3) is 0 Å². The number of hydrogen-bond donors (Lipinski definition) is 0. The van der Waals surface area contributed by atoms with Crippen LogP contribution in [0.3, 0.4) is 0 Å². The van der Waals surface area contributed by atoms with Gasteiger partial charge < -0.3 is 4.74 Å². The lowest BCUT2D eigenvalue weighted by atomic mass is 9.91. The first kappa shape index (κ1) is 15.7. The molecule has 3 heteroatoms. The molecule has 1 aliphatic heterocycles. The third-order valence-electron chi connectivity index (χ3n) is 3.15. The van der Waals surface area contributed by atoms with E-state index in [1.165, 1.54) is 12.1 Å². The second-order valence-corrected chi connectivity index (χ2v) is 4.82. The summed E-state index contributed by atoms with van der Waals surface area (Å²) in [6, 6.07) is 6.47. The SMILES string of the molecule is CC.CC1=CCC(C)(c2cccc(C(C)(F)F)c2)O1. The first-order valence-corrected chi connectivity index (χ1v) is 6.66. The van der Waals surface area contributed by atoms with Crippen molar-refractivity contribution in [3.05, 3.63) is 47.2 Å². The van der Waals surface area contributed by atoms with Crippen LogP contribution in [-0.4, -0.2) is 0 Å². The van der Waals surface area contributed by atoms with Crippen LogP contribution in [0.1, 0.15) is 52.2 Å². The summed E-state index contributed by atoms with van der Waals surface area (Å²) >= 11 is 0. The van der Waals surface area contributed by atoms with Crippen LogP contribution in [0, 0.1) is 0 Å². The van der Waals surface area contributed by atoms with Crippen molar-refractivity contribution >= 4 is 0 Å². The van der Waals surface area contributed by atoms with Gasteiger partial charge in [0.05, 0.1) is 5.76 Å². The van der Waals surface area contributed by atoms with E-state index < -0.39 is 11.5 Å². The average Bonchev–Trinajstić information content (AvgIpc) is 2.72. The zero-order valence-electron chi connectivity index (χ0n) is 12.3. The summed E-state index contributed by atoms with van der Waals surface area (Å²) in [7, 11) is 0. The van der Waals surface area contributed by atoms with Crippen molar-refractivity contribution in [2.45, 2.75) is 52.6 Å². The topological polar surface area (TPSA) is 9.23 Å². The van der Waals surface area contributed by atoms with Crippen molar-refractivity contribution in [3.8, 4) is 0 Å². The van der Waals surface area contributed by atoms with Crippen LogP contribution >= 0.6 is 0 Å². The van der Waals surface area contributed by atoms with E-state index in [4.69, 9.17) is 4.74 Å². The lowest BCUT2D eigenvalue weighted by Crippen LogP contribution is -2.21. The lowest BCUT2D eigenvalue weighted by Gasteiger charge is -2.26. The van der Waals surface area contributed by atoms with Gasteiger partial charge in [-0.1, -0.05) is 32.0 Å². The highest BCUT2D eigenvalue weighted by atomic mass is 19.3. The predicted octanol–water partition coefficient (Wildman–Crippen LogP) is 5.36. The Morgan fingerprint density at radius 1 is 1.26 bits per heavy atom. The van der Waals surface area contributed by atoms with Gasteiger partial charge in [-0.25, -0.2) is 8.78 Å². The van der Waals surface area contributed by atoms with Crippen LogP contribution in [0.15, 0.2) is 36.1 Å². The van der Waals surface area contributed by atoms with Crippen molar-refractivity contribution in [2.75, 3.05) is 0 Å². The van der Waals surface area contributed by atoms with Crippen molar-refractivity contribution in [2.24, 2.45) is 0 Å². The number of rotatable bonds is 2. The second kappa shape index (κ2) is 5.72. The van der Waals surface area contributed by atoms with Gasteiger partial charge in [-0.3, -0.25) is 0 Å². The molecule has 0 saturated carbocycles. The fourth-order valence-corrected chi connectivity index (χ4v) is 2.08. The highest BCUT2D eigenvalue weighted by Gasteiger charge is 2.34. The minimum absolute atomic E-state index is 0.0318. The summed E-state index contributed by atoms with van der Waals surface area (Å²) in [5, 5.41) is 0. The van der Waals surface area contributed by atoms with Crippen LogP contribution < -0.4 is 0 Å². The lowest BCUT2D eigenvalue weighted by molar-refractivity contribution is 0.0158. The molecule has 19 heavy (non-hydrogen) atoms. The molecule has 0 aliphatic carbocycles. The number of benzene rings is 1.